The lowest BCUT2D eigenvalue weighted by Crippen LogP contribution is -2.10. The second-order valence-electron chi connectivity index (χ2n) is 4.77. The minimum absolute atomic E-state index is 0.236. The molecule has 0 aromatic heterocycles. The quantitative estimate of drug-likeness (QED) is 0.832. The number of anilines is 1. The number of nitrogens with two attached hydrogens (primary N) is 1. The number of hydrogen-bond donors (Lipinski definition) is 1. The normalized spacial score (nSPS) is 14.0. The molecule has 3 heteroatoms. The fourth-order valence-corrected chi connectivity index (χ4v) is 2.36. The van der Waals surface area contributed by atoms with Gasteiger partial charge in [0, 0.05) is 17.7 Å². The van der Waals surface area contributed by atoms with E-state index in [1.165, 1.54) is 0 Å². The van der Waals surface area contributed by atoms with E-state index in [4.69, 9.17) is 10.5 Å². The molecule has 0 saturated heterocycles. The summed E-state index contributed by atoms with van der Waals surface area (Å²) in [4.78, 5) is 11.7. The van der Waals surface area contributed by atoms with Gasteiger partial charge in [-0.25, -0.2) is 0 Å². The topological polar surface area (TPSA) is 52.3 Å². The van der Waals surface area contributed by atoms with Crippen molar-refractivity contribution in [3.63, 3.8) is 0 Å². The maximum atomic E-state index is 11.7. The van der Waals surface area contributed by atoms with Crippen molar-refractivity contribution < 1.29 is 9.53 Å². The molecular weight excluding hydrogens is 238 g/mol. The van der Waals surface area contributed by atoms with Crippen molar-refractivity contribution in [3.05, 3.63) is 53.6 Å². The second kappa shape index (κ2) is 4.76. The summed E-state index contributed by atoms with van der Waals surface area (Å²) in [5.74, 6) is 1.75. The van der Waals surface area contributed by atoms with Crippen LogP contribution >= 0.6 is 0 Å². The van der Waals surface area contributed by atoms with E-state index >= 15 is 0 Å². The average molecular weight is 253 g/mol. The summed E-state index contributed by atoms with van der Waals surface area (Å²) in [7, 11) is 0. The van der Waals surface area contributed by atoms with Crippen LogP contribution in [-0.2, 0) is 6.42 Å². The Morgan fingerprint density at radius 2 is 1.68 bits per heavy atom. The first-order chi connectivity index (χ1) is 9.22. The number of nitrogen functional groups attached to an aromatic ring is 1. The van der Waals surface area contributed by atoms with E-state index in [1.54, 1.807) is 12.1 Å². The van der Waals surface area contributed by atoms with Gasteiger partial charge in [0.2, 0.25) is 0 Å². The van der Waals surface area contributed by atoms with Crippen molar-refractivity contribution in [3.8, 4) is 11.5 Å². The van der Waals surface area contributed by atoms with Crippen molar-refractivity contribution in [2.45, 2.75) is 19.3 Å². The molecule has 0 aliphatic heterocycles. The zero-order valence-corrected chi connectivity index (χ0v) is 10.6. The molecule has 2 N–H and O–H groups in total. The minimum atomic E-state index is 0.236. The lowest BCUT2D eigenvalue weighted by Gasteiger charge is -2.15. The number of rotatable bonds is 2. The monoisotopic (exact) mass is 253 g/mol. The Balaban J connectivity index is 1.86. The van der Waals surface area contributed by atoms with E-state index in [0.717, 1.165) is 35.5 Å². The molecule has 0 bridgehead atoms. The van der Waals surface area contributed by atoms with E-state index in [1.807, 2.05) is 30.3 Å². The van der Waals surface area contributed by atoms with Gasteiger partial charge >= 0.3 is 0 Å². The highest BCUT2D eigenvalue weighted by Gasteiger charge is 2.17. The Morgan fingerprint density at radius 1 is 0.947 bits per heavy atom. The zero-order valence-electron chi connectivity index (χ0n) is 10.6. The summed E-state index contributed by atoms with van der Waals surface area (Å²) < 4.78 is 5.77. The van der Waals surface area contributed by atoms with Gasteiger partial charge in [-0.15, -0.1) is 0 Å². The highest BCUT2D eigenvalue weighted by Crippen LogP contribution is 2.28. The van der Waals surface area contributed by atoms with Crippen molar-refractivity contribution in [1.82, 2.24) is 0 Å². The Bertz CT molecular complexity index is 617. The number of aryl methyl sites for hydroxylation is 1. The number of hydrogen-bond acceptors (Lipinski definition) is 3. The lowest BCUT2D eigenvalue weighted by atomic mass is 9.90. The molecule has 0 spiro atoms. The number of carbonyl (C=O) groups excluding carboxylic acids is 1. The van der Waals surface area contributed by atoms with Crippen LogP contribution in [0.4, 0.5) is 5.69 Å². The Morgan fingerprint density at radius 3 is 2.47 bits per heavy atom. The molecule has 2 aromatic rings. The van der Waals surface area contributed by atoms with Gasteiger partial charge in [-0.05, 0) is 60.9 Å². The van der Waals surface area contributed by atoms with Gasteiger partial charge < -0.3 is 10.5 Å². The molecule has 3 rings (SSSR count). The molecule has 0 saturated carbocycles. The first kappa shape index (κ1) is 11.8. The van der Waals surface area contributed by atoms with E-state index in [-0.39, 0.29) is 5.78 Å². The minimum Gasteiger partial charge on any atom is -0.457 e. The number of carbonyl (C=O) groups is 1. The van der Waals surface area contributed by atoms with Gasteiger partial charge in [-0.2, -0.15) is 0 Å². The largest absolute Gasteiger partial charge is 0.457 e. The standard InChI is InChI=1S/C16H15NO2/c17-12-4-6-13(7-5-12)19-14-8-9-15-11(10-14)2-1-3-16(15)18/h4-10H,1-3,17H2. The molecule has 0 unspecified atom stereocenters. The number of fused-ring (bicyclic) bond motifs is 1. The number of ketones is 1. The fraction of sp³-hybridized carbons (Fsp3) is 0.188. The molecule has 0 fully saturated rings. The molecular formula is C16H15NO2. The highest BCUT2D eigenvalue weighted by atomic mass is 16.5. The molecule has 3 nitrogen and oxygen atoms in total. The van der Waals surface area contributed by atoms with Gasteiger partial charge in [0.1, 0.15) is 11.5 Å². The molecule has 0 radical (unpaired) electrons. The van der Waals surface area contributed by atoms with Crippen LogP contribution < -0.4 is 10.5 Å². The molecule has 0 atom stereocenters. The van der Waals surface area contributed by atoms with Crippen LogP contribution in [0.1, 0.15) is 28.8 Å². The summed E-state index contributed by atoms with van der Waals surface area (Å²) in [6.07, 6.45) is 2.53. The smallest absolute Gasteiger partial charge is 0.163 e. The highest BCUT2D eigenvalue weighted by molar-refractivity contribution is 5.98. The van der Waals surface area contributed by atoms with Gasteiger partial charge in [-0.3, -0.25) is 4.79 Å². The van der Waals surface area contributed by atoms with Crippen LogP contribution in [0.25, 0.3) is 0 Å². The van der Waals surface area contributed by atoms with Crippen LogP contribution in [0.3, 0.4) is 0 Å². The number of ether oxygens (including phenoxy) is 1. The van der Waals surface area contributed by atoms with Crippen LogP contribution in [0.5, 0.6) is 11.5 Å². The molecule has 1 aliphatic rings. The lowest BCUT2D eigenvalue weighted by molar-refractivity contribution is 0.0972. The average Bonchev–Trinajstić information content (AvgIpc) is 2.42. The SMILES string of the molecule is Nc1ccc(Oc2ccc3c(c2)CCCC3=O)cc1. The maximum Gasteiger partial charge on any atom is 0.163 e. The Labute approximate surface area is 112 Å². The van der Waals surface area contributed by atoms with Crippen molar-refractivity contribution in [2.75, 3.05) is 5.73 Å². The first-order valence-electron chi connectivity index (χ1n) is 6.42. The zero-order chi connectivity index (χ0) is 13.2. The Hall–Kier alpha value is -2.29. The molecule has 19 heavy (non-hydrogen) atoms. The maximum absolute atomic E-state index is 11.7. The van der Waals surface area contributed by atoms with Crippen LogP contribution in [0, 0.1) is 0 Å². The van der Waals surface area contributed by atoms with Gasteiger partial charge in [-0.1, -0.05) is 0 Å². The third kappa shape index (κ3) is 2.45. The fourth-order valence-electron chi connectivity index (χ4n) is 2.36. The summed E-state index contributed by atoms with van der Waals surface area (Å²) in [5, 5.41) is 0. The molecule has 96 valence electrons. The van der Waals surface area contributed by atoms with Gasteiger partial charge in [0.05, 0.1) is 0 Å². The van der Waals surface area contributed by atoms with Crippen LogP contribution in [0.2, 0.25) is 0 Å². The van der Waals surface area contributed by atoms with E-state index < -0.39 is 0 Å². The predicted molar refractivity (Wildman–Crippen MR) is 74.6 cm³/mol. The summed E-state index contributed by atoms with van der Waals surface area (Å²) in [5.41, 5.74) is 8.28. The second-order valence-corrected chi connectivity index (χ2v) is 4.77. The predicted octanol–water partition coefficient (Wildman–Crippen LogP) is 3.58. The van der Waals surface area contributed by atoms with Gasteiger partial charge in [0.15, 0.2) is 5.78 Å². The third-order valence-corrected chi connectivity index (χ3v) is 3.34. The van der Waals surface area contributed by atoms with E-state index in [9.17, 15) is 4.79 Å². The van der Waals surface area contributed by atoms with Crippen molar-refractivity contribution >= 4 is 11.5 Å². The summed E-state index contributed by atoms with van der Waals surface area (Å²) in [6, 6.07) is 12.9. The van der Waals surface area contributed by atoms with Crippen molar-refractivity contribution in [1.29, 1.82) is 0 Å². The molecule has 1 aliphatic carbocycles. The van der Waals surface area contributed by atoms with E-state index in [2.05, 4.69) is 0 Å². The van der Waals surface area contributed by atoms with Crippen LogP contribution in [0.15, 0.2) is 42.5 Å². The Kier molecular flexibility index (Phi) is 2.95. The molecule has 0 amide bonds. The summed E-state index contributed by atoms with van der Waals surface area (Å²) in [6.45, 7) is 0. The molecule has 0 heterocycles. The number of benzene rings is 2. The first-order valence-corrected chi connectivity index (χ1v) is 6.42. The molecule has 2 aromatic carbocycles. The van der Waals surface area contributed by atoms with Crippen LogP contribution in [-0.4, -0.2) is 5.78 Å². The van der Waals surface area contributed by atoms with Crippen molar-refractivity contribution in [2.24, 2.45) is 0 Å². The van der Waals surface area contributed by atoms with E-state index in [0.29, 0.717) is 12.1 Å². The summed E-state index contributed by atoms with van der Waals surface area (Å²) >= 11 is 0. The van der Waals surface area contributed by atoms with Gasteiger partial charge in [0.25, 0.3) is 0 Å². The number of Topliss-reactive ketones (excluding diaryl/α,β-unsaturated/α-hetero) is 1. The third-order valence-electron chi connectivity index (χ3n) is 3.34.